The highest BCUT2D eigenvalue weighted by Crippen LogP contribution is 2.26. The molecular weight excluding hydrogens is 338 g/mol. The van der Waals surface area contributed by atoms with E-state index >= 15 is 0 Å². The maximum Gasteiger partial charge on any atom is 0.194 e. The molecule has 0 spiro atoms. The Morgan fingerprint density at radius 2 is 2.00 bits per heavy atom. The van der Waals surface area contributed by atoms with Crippen molar-refractivity contribution < 1.29 is 13.9 Å². The van der Waals surface area contributed by atoms with E-state index in [-0.39, 0.29) is 12.0 Å². The molecule has 2 atom stereocenters. The highest BCUT2D eigenvalue weighted by atomic mass is 19.1. The van der Waals surface area contributed by atoms with Crippen molar-refractivity contribution in [2.75, 3.05) is 44.2 Å². The summed E-state index contributed by atoms with van der Waals surface area (Å²) in [6.45, 7) is 6.02. The molecule has 3 rings (SSSR count). The second-order valence-corrected chi connectivity index (χ2v) is 7.02. The Labute approximate surface area is 153 Å². The van der Waals surface area contributed by atoms with Gasteiger partial charge in [-0.3, -0.25) is 4.99 Å². The maximum absolute atomic E-state index is 14.0. The van der Waals surface area contributed by atoms with Gasteiger partial charge in [0.25, 0.3) is 0 Å². The summed E-state index contributed by atoms with van der Waals surface area (Å²) in [5.41, 5.74) is 0.320. The van der Waals surface area contributed by atoms with Crippen molar-refractivity contribution in [1.29, 1.82) is 0 Å². The highest BCUT2D eigenvalue weighted by molar-refractivity contribution is 5.80. The van der Waals surface area contributed by atoms with E-state index in [1.165, 1.54) is 12.1 Å². The van der Waals surface area contributed by atoms with Crippen molar-refractivity contribution in [2.45, 2.75) is 32.3 Å². The summed E-state index contributed by atoms with van der Waals surface area (Å²) in [5, 5.41) is 13.3. The van der Waals surface area contributed by atoms with E-state index in [0.29, 0.717) is 38.4 Å². The lowest BCUT2D eigenvalue weighted by atomic mass is 10.1. The standard InChI is InChI=1S/C19H28F2N4O/c1-2-22-19(23-13-14-4-3-5-18(14)26)25-10-8-24(9-11-25)17-12-15(20)6-7-16(17)21/h6-7,12,14,18,26H,2-5,8-11,13H2,1H3,(H,22,23). The zero-order valence-corrected chi connectivity index (χ0v) is 15.3. The SMILES string of the molecule is CCNC(=NCC1CCCC1O)N1CCN(c2cc(F)ccc2F)CC1. The van der Waals surface area contributed by atoms with Crippen LogP contribution in [0.2, 0.25) is 0 Å². The summed E-state index contributed by atoms with van der Waals surface area (Å²) >= 11 is 0. The van der Waals surface area contributed by atoms with Crippen LogP contribution in [-0.2, 0) is 0 Å². The lowest BCUT2D eigenvalue weighted by Crippen LogP contribution is -2.53. The van der Waals surface area contributed by atoms with Crippen LogP contribution >= 0.6 is 0 Å². The summed E-state index contributed by atoms with van der Waals surface area (Å²) in [5.74, 6) is 0.266. The van der Waals surface area contributed by atoms with Gasteiger partial charge >= 0.3 is 0 Å². The first kappa shape index (κ1) is 18.9. The number of piperazine rings is 1. The van der Waals surface area contributed by atoms with Crippen molar-refractivity contribution in [3.05, 3.63) is 29.8 Å². The van der Waals surface area contributed by atoms with Gasteiger partial charge in [-0.25, -0.2) is 8.78 Å². The van der Waals surface area contributed by atoms with Crippen molar-refractivity contribution >= 4 is 11.6 Å². The van der Waals surface area contributed by atoms with Gasteiger partial charge in [0.05, 0.1) is 11.8 Å². The Balaban J connectivity index is 1.61. The van der Waals surface area contributed by atoms with Gasteiger partial charge in [-0.15, -0.1) is 0 Å². The minimum absolute atomic E-state index is 0.241. The number of hydrogen-bond donors (Lipinski definition) is 2. The van der Waals surface area contributed by atoms with E-state index in [4.69, 9.17) is 4.99 Å². The molecule has 0 bridgehead atoms. The minimum atomic E-state index is -0.422. The number of guanidine groups is 1. The van der Waals surface area contributed by atoms with Crippen LogP contribution in [0.1, 0.15) is 26.2 Å². The molecule has 2 unspecified atom stereocenters. The predicted molar refractivity (Wildman–Crippen MR) is 99.5 cm³/mol. The van der Waals surface area contributed by atoms with Crippen LogP contribution in [0, 0.1) is 17.6 Å². The van der Waals surface area contributed by atoms with Crippen LogP contribution in [0.15, 0.2) is 23.2 Å². The van der Waals surface area contributed by atoms with Crippen molar-refractivity contribution in [3.63, 3.8) is 0 Å². The molecule has 1 aromatic carbocycles. The summed E-state index contributed by atoms with van der Waals surface area (Å²) in [6.07, 6.45) is 2.72. The molecule has 1 aliphatic carbocycles. The number of halogens is 2. The van der Waals surface area contributed by atoms with Gasteiger partial charge in [-0.1, -0.05) is 6.42 Å². The first-order valence-electron chi connectivity index (χ1n) is 9.49. The van der Waals surface area contributed by atoms with Crippen LogP contribution < -0.4 is 10.2 Å². The molecule has 2 fully saturated rings. The summed E-state index contributed by atoms with van der Waals surface area (Å²) in [6, 6.07) is 3.57. The monoisotopic (exact) mass is 366 g/mol. The average molecular weight is 366 g/mol. The number of rotatable bonds is 4. The molecule has 26 heavy (non-hydrogen) atoms. The quantitative estimate of drug-likeness (QED) is 0.634. The fourth-order valence-corrected chi connectivity index (χ4v) is 3.75. The van der Waals surface area contributed by atoms with Gasteiger partial charge in [0.1, 0.15) is 11.6 Å². The fourth-order valence-electron chi connectivity index (χ4n) is 3.75. The third-order valence-corrected chi connectivity index (χ3v) is 5.26. The zero-order chi connectivity index (χ0) is 18.5. The van der Waals surface area contributed by atoms with Crippen molar-refractivity contribution in [2.24, 2.45) is 10.9 Å². The largest absolute Gasteiger partial charge is 0.393 e. The predicted octanol–water partition coefficient (Wildman–Crippen LogP) is 2.21. The summed E-state index contributed by atoms with van der Waals surface area (Å²) in [7, 11) is 0. The van der Waals surface area contributed by atoms with Gasteiger partial charge in [0, 0.05) is 51.3 Å². The minimum Gasteiger partial charge on any atom is -0.393 e. The molecule has 0 aromatic heterocycles. The molecule has 0 radical (unpaired) electrons. The Bertz CT molecular complexity index is 632. The lowest BCUT2D eigenvalue weighted by Gasteiger charge is -2.38. The lowest BCUT2D eigenvalue weighted by molar-refractivity contribution is 0.136. The van der Waals surface area contributed by atoms with Gasteiger partial charge in [0.15, 0.2) is 5.96 Å². The molecule has 2 aliphatic rings. The van der Waals surface area contributed by atoms with E-state index in [9.17, 15) is 13.9 Å². The number of aliphatic hydroxyl groups is 1. The number of benzene rings is 1. The molecule has 1 aliphatic heterocycles. The molecule has 5 nitrogen and oxygen atoms in total. The number of hydrogen-bond acceptors (Lipinski definition) is 3. The van der Waals surface area contributed by atoms with E-state index in [1.807, 2.05) is 11.8 Å². The molecule has 1 saturated heterocycles. The van der Waals surface area contributed by atoms with Gasteiger partial charge < -0.3 is 20.2 Å². The van der Waals surface area contributed by atoms with Crippen LogP contribution in [0.3, 0.4) is 0 Å². The molecular formula is C19H28F2N4O. The molecule has 2 N–H and O–H groups in total. The van der Waals surface area contributed by atoms with Gasteiger partial charge in [-0.05, 0) is 31.9 Å². The van der Waals surface area contributed by atoms with E-state index < -0.39 is 11.6 Å². The molecule has 1 saturated carbocycles. The fraction of sp³-hybridized carbons (Fsp3) is 0.632. The van der Waals surface area contributed by atoms with E-state index in [2.05, 4.69) is 10.2 Å². The Kier molecular flexibility index (Phi) is 6.29. The Morgan fingerprint density at radius 3 is 2.65 bits per heavy atom. The normalized spacial score (nSPS) is 24.2. The number of aliphatic hydroxyl groups excluding tert-OH is 1. The smallest absolute Gasteiger partial charge is 0.194 e. The van der Waals surface area contributed by atoms with E-state index in [0.717, 1.165) is 37.8 Å². The highest BCUT2D eigenvalue weighted by Gasteiger charge is 2.26. The number of nitrogens with one attached hydrogen (secondary N) is 1. The second-order valence-electron chi connectivity index (χ2n) is 7.02. The molecule has 144 valence electrons. The number of anilines is 1. The molecule has 1 aromatic rings. The van der Waals surface area contributed by atoms with Crippen LogP contribution in [0.4, 0.5) is 14.5 Å². The molecule has 1 heterocycles. The maximum atomic E-state index is 14.0. The van der Waals surface area contributed by atoms with Crippen LogP contribution in [0.5, 0.6) is 0 Å². The molecule has 0 amide bonds. The second kappa shape index (κ2) is 8.66. The first-order valence-corrected chi connectivity index (χ1v) is 9.49. The van der Waals surface area contributed by atoms with E-state index in [1.54, 1.807) is 0 Å². The Hall–Kier alpha value is -1.89. The van der Waals surface area contributed by atoms with Crippen LogP contribution in [0.25, 0.3) is 0 Å². The van der Waals surface area contributed by atoms with Gasteiger partial charge in [-0.2, -0.15) is 0 Å². The topological polar surface area (TPSA) is 51.1 Å². The van der Waals surface area contributed by atoms with Gasteiger partial charge in [0.2, 0.25) is 0 Å². The van der Waals surface area contributed by atoms with Crippen molar-refractivity contribution in [3.8, 4) is 0 Å². The molecule has 7 heteroatoms. The summed E-state index contributed by atoms with van der Waals surface area (Å²) < 4.78 is 27.4. The number of nitrogens with zero attached hydrogens (tertiary/aromatic N) is 3. The average Bonchev–Trinajstić information content (AvgIpc) is 3.06. The number of aliphatic imine (C=N–C) groups is 1. The van der Waals surface area contributed by atoms with Crippen molar-refractivity contribution in [1.82, 2.24) is 10.2 Å². The summed E-state index contributed by atoms with van der Waals surface area (Å²) in [4.78, 5) is 8.74. The Morgan fingerprint density at radius 1 is 1.23 bits per heavy atom. The zero-order valence-electron chi connectivity index (χ0n) is 15.3. The van der Waals surface area contributed by atoms with Crippen LogP contribution in [-0.4, -0.2) is 61.3 Å². The third-order valence-electron chi connectivity index (χ3n) is 5.26. The first-order chi connectivity index (χ1) is 12.6. The third kappa shape index (κ3) is 4.44.